The molecule has 1 aromatic carbocycles. The molecule has 2 aliphatic rings. The molecule has 3 N–H and O–H groups in total. The van der Waals surface area contributed by atoms with Gasteiger partial charge in [-0.3, -0.25) is 11.3 Å². The summed E-state index contributed by atoms with van der Waals surface area (Å²) in [6, 6.07) is 8.72. The monoisotopic (exact) mass is 274 g/mol. The number of nitrogens with two attached hydrogens (primary N) is 1. The zero-order chi connectivity index (χ0) is 13.8. The predicted molar refractivity (Wildman–Crippen MR) is 81.3 cm³/mol. The van der Waals surface area contributed by atoms with E-state index < -0.39 is 0 Å². The Morgan fingerprint density at radius 2 is 1.80 bits per heavy atom. The molecule has 0 heterocycles. The first kappa shape index (κ1) is 13.9. The highest BCUT2D eigenvalue weighted by atomic mass is 16.5. The lowest BCUT2D eigenvalue weighted by molar-refractivity contribution is 0.303. The minimum absolute atomic E-state index is 0.269. The van der Waals surface area contributed by atoms with Crippen LogP contribution in [-0.4, -0.2) is 6.10 Å². The SMILES string of the molecule is NNC(CCC1CCCC1)c1ccc(OC2CC2)cc1. The van der Waals surface area contributed by atoms with E-state index in [2.05, 4.69) is 29.7 Å². The molecule has 110 valence electrons. The number of hydrogen-bond donors (Lipinski definition) is 2. The molecule has 0 aromatic heterocycles. The lowest BCUT2D eigenvalue weighted by Gasteiger charge is -2.19. The highest BCUT2D eigenvalue weighted by molar-refractivity contribution is 5.29. The number of hydrazine groups is 1. The molecule has 0 bridgehead atoms. The van der Waals surface area contributed by atoms with Gasteiger partial charge in [0, 0.05) is 6.04 Å². The van der Waals surface area contributed by atoms with Crippen molar-refractivity contribution < 1.29 is 4.74 Å². The number of rotatable bonds is 7. The van der Waals surface area contributed by atoms with E-state index in [1.54, 1.807) is 0 Å². The summed E-state index contributed by atoms with van der Waals surface area (Å²) in [6.07, 6.45) is 10.9. The first-order chi connectivity index (χ1) is 9.85. The molecule has 0 aliphatic heterocycles. The topological polar surface area (TPSA) is 47.3 Å². The molecular formula is C17H26N2O. The van der Waals surface area contributed by atoms with Gasteiger partial charge in [0.05, 0.1) is 6.10 Å². The van der Waals surface area contributed by atoms with E-state index in [9.17, 15) is 0 Å². The van der Waals surface area contributed by atoms with Crippen LogP contribution in [0.4, 0.5) is 0 Å². The van der Waals surface area contributed by atoms with Crippen molar-refractivity contribution >= 4 is 0 Å². The Balaban J connectivity index is 1.53. The molecule has 3 rings (SSSR count). The lowest BCUT2D eigenvalue weighted by Crippen LogP contribution is -2.28. The van der Waals surface area contributed by atoms with Crippen molar-refractivity contribution in [3.63, 3.8) is 0 Å². The Bertz CT molecular complexity index is 408. The summed E-state index contributed by atoms with van der Waals surface area (Å²) in [5, 5.41) is 0. The molecule has 1 aromatic rings. The van der Waals surface area contributed by atoms with Crippen molar-refractivity contribution in [1.29, 1.82) is 0 Å². The molecule has 0 saturated heterocycles. The number of hydrogen-bond acceptors (Lipinski definition) is 3. The molecule has 0 spiro atoms. The minimum Gasteiger partial charge on any atom is -0.490 e. The molecule has 0 amide bonds. The first-order valence-corrected chi connectivity index (χ1v) is 8.08. The average molecular weight is 274 g/mol. The smallest absolute Gasteiger partial charge is 0.119 e. The van der Waals surface area contributed by atoms with Crippen LogP contribution in [0.3, 0.4) is 0 Å². The van der Waals surface area contributed by atoms with Crippen LogP contribution in [-0.2, 0) is 0 Å². The Kier molecular flexibility index (Phi) is 4.58. The Morgan fingerprint density at radius 3 is 2.40 bits per heavy atom. The van der Waals surface area contributed by atoms with Gasteiger partial charge in [0.15, 0.2) is 0 Å². The van der Waals surface area contributed by atoms with Gasteiger partial charge >= 0.3 is 0 Å². The fourth-order valence-electron chi connectivity index (χ4n) is 3.20. The summed E-state index contributed by atoms with van der Waals surface area (Å²) in [4.78, 5) is 0. The van der Waals surface area contributed by atoms with Crippen molar-refractivity contribution in [1.82, 2.24) is 5.43 Å². The summed E-state index contributed by atoms with van der Waals surface area (Å²) in [5.41, 5.74) is 4.25. The third kappa shape index (κ3) is 3.74. The normalized spacial score (nSPS) is 21.1. The number of ether oxygens (including phenoxy) is 1. The van der Waals surface area contributed by atoms with Gasteiger partial charge in [-0.15, -0.1) is 0 Å². The van der Waals surface area contributed by atoms with E-state index in [0.29, 0.717) is 6.10 Å². The van der Waals surface area contributed by atoms with Gasteiger partial charge in [0.2, 0.25) is 0 Å². The first-order valence-electron chi connectivity index (χ1n) is 8.08. The molecule has 1 unspecified atom stereocenters. The second-order valence-electron chi connectivity index (χ2n) is 6.33. The molecule has 3 nitrogen and oxygen atoms in total. The largest absolute Gasteiger partial charge is 0.490 e. The molecule has 0 radical (unpaired) electrons. The van der Waals surface area contributed by atoms with Crippen LogP contribution in [0.2, 0.25) is 0 Å². The van der Waals surface area contributed by atoms with Crippen molar-refractivity contribution in [3.8, 4) is 5.75 Å². The van der Waals surface area contributed by atoms with E-state index in [0.717, 1.165) is 18.1 Å². The van der Waals surface area contributed by atoms with Crippen LogP contribution in [0.25, 0.3) is 0 Å². The molecule has 2 saturated carbocycles. The fourth-order valence-corrected chi connectivity index (χ4v) is 3.20. The quantitative estimate of drug-likeness (QED) is 0.588. The highest BCUT2D eigenvalue weighted by Crippen LogP contribution is 2.32. The Hall–Kier alpha value is -1.06. The zero-order valence-electron chi connectivity index (χ0n) is 12.2. The van der Waals surface area contributed by atoms with Gasteiger partial charge in [-0.05, 0) is 49.3 Å². The number of nitrogens with one attached hydrogen (secondary N) is 1. The van der Waals surface area contributed by atoms with Crippen molar-refractivity contribution in [2.75, 3.05) is 0 Å². The van der Waals surface area contributed by atoms with Crippen LogP contribution in [0.1, 0.15) is 63.0 Å². The van der Waals surface area contributed by atoms with Crippen LogP contribution in [0, 0.1) is 5.92 Å². The zero-order valence-corrected chi connectivity index (χ0v) is 12.2. The van der Waals surface area contributed by atoms with Gasteiger partial charge < -0.3 is 4.74 Å². The van der Waals surface area contributed by atoms with Crippen LogP contribution in [0.5, 0.6) is 5.75 Å². The maximum Gasteiger partial charge on any atom is 0.119 e. The van der Waals surface area contributed by atoms with Gasteiger partial charge in [-0.2, -0.15) is 0 Å². The standard InChI is InChI=1S/C17H26N2O/c18-19-17(12-5-13-3-1-2-4-13)14-6-8-15(9-7-14)20-16-10-11-16/h6-9,13,16-17,19H,1-5,10-12,18H2. The second-order valence-corrected chi connectivity index (χ2v) is 6.33. The van der Waals surface area contributed by atoms with Gasteiger partial charge in [0.1, 0.15) is 5.75 Å². The lowest BCUT2D eigenvalue weighted by atomic mass is 9.95. The van der Waals surface area contributed by atoms with E-state index in [-0.39, 0.29) is 6.04 Å². The van der Waals surface area contributed by atoms with Gasteiger partial charge in [-0.1, -0.05) is 37.8 Å². The highest BCUT2D eigenvalue weighted by Gasteiger charge is 2.23. The molecular weight excluding hydrogens is 248 g/mol. The van der Waals surface area contributed by atoms with Crippen LogP contribution in [0.15, 0.2) is 24.3 Å². The maximum atomic E-state index is 5.78. The van der Waals surface area contributed by atoms with E-state index in [1.165, 1.54) is 50.5 Å². The van der Waals surface area contributed by atoms with Gasteiger partial charge in [0.25, 0.3) is 0 Å². The van der Waals surface area contributed by atoms with Crippen LogP contribution < -0.4 is 16.0 Å². The Labute approximate surface area is 121 Å². The fraction of sp³-hybridized carbons (Fsp3) is 0.647. The van der Waals surface area contributed by atoms with Crippen molar-refractivity contribution in [2.24, 2.45) is 11.8 Å². The summed E-state index contributed by atoms with van der Waals surface area (Å²) < 4.78 is 5.78. The third-order valence-electron chi connectivity index (χ3n) is 4.65. The summed E-state index contributed by atoms with van der Waals surface area (Å²) >= 11 is 0. The van der Waals surface area contributed by atoms with E-state index in [4.69, 9.17) is 10.6 Å². The second kappa shape index (κ2) is 6.59. The van der Waals surface area contributed by atoms with Crippen LogP contribution >= 0.6 is 0 Å². The predicted octanol–water partition coefficient (Wildman–Crippen LogP) is 3.70. The van der Waals surface area contributed by atoms with Crippen molar-refractivity contribution in [3.05, 3.63) is 29.8 Å². The minimum atomic E-state index is 0.269. The molecule has 1 atom stereocenters. The summed E-state index contributed by atoms with van der Waals surface area (Å²) in [6.45, 7) is 0. The Morgan fingerprint density at radius 1 is 1.10 bits per heavy atom. The molecule has 3 heteroatoms. The molecule has 20 heavy (non-hydrogen) atoms. The van der Waals surface area contributed by atoms with E-state index in [1.807, 2.05) is 0 Å². The summed E-state index contributed by atoms with van der Waals surface area (Å²) in [5.74, 6) is 7.65. The van der Waals surface area contributed by atoms with Gasteiger partial charge in [-0.25, -0.2) is 0 Å². The third-order valence-corrected chi connectivity index (χ3v) is 4.65. The average Bonchev–Trinajstić information content (AvgIpc) is 3.14. The summed E-state index contributed by atoms with van der Waals surface area (Å²) in [7, 11) is 0. The maximum absolute atomic E-state index is 5.78. The van der Waals surface area contributed by atoms with Crippen molar-refractivity contribution in [2.45, 2.75) is 63.5 Å². The van der Waals surface area contributed by atoms with E-state index >= 15 is 0 Å². The number of benzene rings is 1. The molecule has 2 fully saturated rings. The molecule has 2 aliphatic carbocycles.